The first kappa shape index (κ1) is 15.0. The normalized spacial score (nSPS) is 15.4. The molecule has 18 heavy (non-hydrogen) atoms. The maximum Gasteiger partial charge on any atom is 0.416 e. The standard InChI is InChI=1S/C13H18F3NO/c1-9(18-2)6-12(17)8-10-4-3-5-11(7-10)13(14,15)16/h3-5,7,9,12H,6,8,17H2,1-2H3. The van der Waals surface area contributed by atoms with Crippen molar-refractivity contribution in [3.63, 3.8) is 0 Å². The summed E-state index contributed by atoms with van der Waals surface area (Å²) in [6, 6.07) is 5.07. The molecule has 102 valence electrons. The summed E-state index contributed by atoms with van der Waals surface area (Å²) in [5.41, 5.74) is 5.85. The molecule has 0 fully saturated rings. The molecule has 0 heterocycles. The summed E-state index contributed by atoms with van der Waals surface area (Å²) in [4.78, 5) is 0. The first-order valence-corrected chi connectivity index (χ1v) is 5.77. The Morgan fingerprint density at radius 3 is 2.56 bits per heavy atom. The van der Waals surface area contributed by atoms with E-state index < -0.39 is 11.7 Å². The summed E-state index contributed by atoms with van der Waals surface area (Å²) in [6.45, 7) is 1.88. The fourth-order valence-electron chi connectivity index (χ4n) is 1.78. The lowest BCUT2D eigenvalue weighted by molar-refractivity contribution is -0.137. The molecular weight excluding hydrogens is 243 g/mol. The smallest absolute Gasteiger partial charge is 0.382 e. The van der Waals surface area contributed by atoms with Crippen molar-refractivity contribution in [2.24, 2.45) is 5.73 Å². The third-order valence-electron chi connectivity index (χ3n) is 2.79. The quantitative estimate of drug-likeness (QED) is 0.884. The van der Waals surface area contributed by atoms with Gasteiger partial charge < -0.3 is 10.5 Å². The molecule has 1 aromatic carbocycles. The molecular formula is C13H18F3NO. The van der Waals surface area contributed by atoms with Crippen molar-refractivity contribution in [1.82, 2.24) is 0 Å². The van der Waals surface area contributed by atoms with Gasteiger partial charge in [0.1, 0.15) is 0 Å². The predicted molar refractivity (Wildman–Crippen MR) is 64.2 cm³/mol. The number of methoxy groups -OCH3 is 1. The zero-order valence-corrected chi connectivity index (χ0v) is 10.5. The van der Waals surface area contributed by atoms with Crippen LogP contribution >= 0.6 is 0 Å². The van der Waals surface area contributed by atoms with Crippen molar-refractivity contribution in [2.45, 2.75) is 38.1 Å². The molecule has 0 amide bonds. The van der Waals surface area contributed by atoms with Crippen LogP contribution in [0, 0.1) is 0 Å². The average molecular weight is 261 g/mol. The van der Waals surface area contributed by atoms with Crippen LogP contribution in [0.4, 0.5) is 13.2 Å². The second-order valence-electron chi connectivity index (χ2n) is 4.44. The predicted octanol–water partition coefficient (Wildman–Crippen LogP) is 3.00. The molecule has 0 radical (unpaired) electrons. The molecule has 0 aromatic heterocycles. The van der Waals surface area contributed by atoms with E-state index >= 15 is 0 Å². The number of benzene rings is 1. The molecule has 2 unspecified atom stereocenters. The highest BCUT2D eigenvalue weighted by Gasteiger charge is 2.30. The summed E-state index contributed by atoms with van der Waals surface area (Å²) >= 11 is 0. The molecule has 0 aliphatic heterocycles. The molecule has 1 aromatic rings. The van der Waals surface area contributed by atoms with Crippen LogP contribution in [0.25, 0.3) is 0 Å². The van der Waals surface area contributed by atoms with E-state index in [1.807, 2.05) is 6.92 Å². The minimum Gasteiger partial charge on any atom is -0.382 e. The molecule has 2 nitrogen and oxygen atoms in total. The van der Waals surface area contributed by atoms with Crippen LogP contribution in [0.5, 0.6) is 0 Å². The van der Waals surface area contributed by atoms with Crippen LogP contribution < -0.4 is 5.73 Å². The van der Waals surface area contributed by atoms with Crippen LogP contribution in [0.15, 0.2) is 24.3 Å². The third kappa shape index (κ3) is 4.66. The van der Waals surface area contributed by atoms with E-state index in [0.29, 0.717) is 18.4 Å². The Labute approximate surface area is 105 Å². The topological polar surface area (TPSA) is 35.2 Å². The van der Waals surface area contributed by atoms with Crippen LogP contribution in [-0.2, 0) is 17.3 Å². The van der Waals surface area contributed by atoms with E-state index in [9.17, 15) is 13.2 Å². The van der Waals surface area contributed by atoms with Gasteiger partial charge in [-0.3, -0.25) is 0 Å². The molecule has 0 saturated heterocycles. The fraction of sp³-hybridized carbons (Fsp3) is 0.538. The molecule has 0 spiro atoms. The zero-order chi connectivity index (χ0) is 13.8. The summed E-state index contributed by atoms with van der Waals surface area (Å²) < 4.78 is 42.6. The van der Waals surface area contributed by atoms with E-state index in [1.54, 1.807) is 13.2 Å². The number of hydrogen-bond acceptors (Lipinski definition) is 2. The number of rotatable bonds is 5. The van der Waals surface area contributed by atoms with E-state index in [1.165, 1.54) is 6.07 Å². The summed E-state index contributed by atoms with van der Waals surface area (Å²) in [5, 5.41) is 0. The Kier molecular flexibility index (Phi) is 5.16. The third-order valence-corrected chi connectivity index (χ3v) is 2.79. The van der Waals surface area contributed by atoms with E-state index in [0.717, 1.165) is 12.1 Å². The van der Waals surface area contributed by atoms with Gasteiger partial charge in [-0.2, -0.15) is 13.2 Å². The van der Waals surface area contributed by atoms with Gasteiger partial charge in [0.15, 0.2) is 0 Å². The summed E-state index contributed by atoms with van der Waals surface area (Å²) in [6.07, 6.45) is -3.27. The number of halogens is 3. The second-order valence-corrected chi connectivity index (χ2v) is 4.44. The van der Waals surface area contributed by atoms with Crippen molar-refractivity contribution in [3.05, 3.63) is 35.4 Å². The van der Waals surface area contributed by atoms with Crippen molar-refractivity contribution in [2.75, 3.05) is 7.11 Å². The first-order chi connectivity index (χ1) is 8.32. The Morgan fingerprint density at radius 2 is 2.00 bits per heavy atom. The van der Waals surface area contributed by atoms with Gasteiger partial charge in [0.05, 0.1) is 11.7 Å². The largest absolute Gasteiger partial charge is 0.416 e. The average Bonchev–Trinajstić information content (AvgIpc) is 2.27. The molecule has 1 rings (SSSR count). The van der Waals surface area contributed by atoms with Gasteiger partial charge in [0, 0.05) is 13.2 Å². The zero-order valence-electron chi connectivity index (χ0n) is 10.5. The Hall–Kier alpha value is -1.07. The number of nitrogens with two attached hydrogens (primary N) is 1. The summed E-state index contributed by atoms with van der Waals surface area (Å²) in [5.74, 6) is 0. The van der Waals surface area contributed by atoms with Gasteiger partial charge >= 0.3 is 6.18 Å². The molecule has 2 atom stereocenters. The van der Waals surface area contributed by atoms with Gasteiger partial charge in [-0.1, -0.05) is 18.2 Å². The van der Waals surface area contributed by atoms with E-state index in [4.69, 9.17) is 10.5 Å². The molecule has 0 aliphatic carbocycles. The van der Waals surface area contributed by atoms with Gasteiger partial charge in [-0.15, -0.1) is 0 Å². The van der Waals surface area contributed by atoms with Crippen LogP contribution in [0.2, 0.25) is 0 Å². The van der Waals surface area contributed by atoms with Crippen molar-refractivity contribution in [1.29, 1.82) is 0 Å². The molecule has 5 heteroatoms. The highest BCUT2D eigenvalue weighted by Crippen LogP contribution is 2.29. The van der Waals surface area contributed by atoms with Gasteiger partial charge in [0.25, 0.3) is 0 Å². The highest BCUT2D eigenvalue weighted by molar-refractivity contribution is 5.26. The van der Waals surface area contributed by atoms with E-state index in [2.05, 4.69) is 0 Å². The van der Waals surface area contributed by atoms with Crippen molar-refractivity contribution >= 4 is 0 Å². The fourth-order valence-corrected chi connectivity index (χ4v) is 1.78. The van der Waals surface area contributed by atoms with E-state index in [-0.39, 0.29) is 12.1 Å². The monoisotopic (exact) mass is 261 g/mol. The maximum atomic E-state index is 12.5. The second kappa shape index (κ2) is 6.20. The summed E-state index contributed by atoms with van der Waals surface area (Å²) in [7, 11) is 1.58. The van der Waals surface area contributed by atoms with Gasteiger partial charge in [-0.05, 0) is 31.4 Å². The lowest BCUT2D eigenvalue weighted by Crippen LogP contribution is -2.28. The van der Waals surface area contributed by atoms with Crippen LogP contribution in [-0.4, -0.2) is 19.3 Å². The number of alkyl halides is 3. The van der Waals surface area contributed by atoms with Crippen molar-refractivity contribution in [3.8, 4) is 0 Å². The minimum atomic E-state index is -4.31. The van der Waals surface area contributed by atoms with Crippen LogP contribution in [0.3, 0.4) is 0 Å². The highest BCUT2D eigenvalue weighted by atomic mass is 19.4. The Morgan fingerprint density at radius 1 is 1.33 bits per heavy atom. The SMILES string of the molecule is COC(C)CC(N)Cc1cccc(C(F)(F)F)c1. The minimum absolute atomic E-state index is 0.00537. The Bertz CT molecular complexity index is 379. The molecule has 0 aliphatic rings. The lowest BCUT2D eigenvalue weighted by atomic mass is 10.00. The number of ether oxygens (including phenoxy) is 1. The maximum absolute atomic E-state index is 12.5. The molecule has 0 bridgehead atoms. The van der Waals surface area contributed by atoms with Gasteiger partial charge in [-0.25, -0.2) is 0 Å². The van der Waals surface area contributed by atoms with Crippen molar-refractivity contribution < 1.29 is 17.9 Å². The first-order valence-electron chi connectivity index (χ1n) is 5.77. The molecule has 2 N–H and O–H groups in total. The van der Waals surface area contributed by atoms with Crippen LogP contribution in [0.1, 0.15) is 24.5 Å². The van der Waals surface area contributed by atoms with Gasteiger partial charge in [0.2, 0.25) is 0 Å². The lowest BCUT2D eigenvalue weighted by Gasteiger charge is -2.16. The molecule has 0 saturated carbocycles. The Balaban J connectivity index is 2.68. The number of hydrogen-bond donors (Lipinski definition) is 1.